The molecule has 166 valence electrons. The van der Waals surface area contributed by atoms with Gasteiger partial charge in [-0.1, -0.05) is 29.8 Å². The normalized spacial score (nSPS) is 15.6. The number of amides is 1. The summed E-state index contributed by atoms with van der Waals surface area (Å²) in [5, 5.41) is 2.86. The lowest BCUT2D eigenvalue weighted by atomic mass is 10.1. The summed E-state index contributed by atoms with van der Waals surface area (Å²) in [7, 11) is -3.89. The molecular weight excluding hydrogens is 424 g/mol. The fourth-order valence-corrected chi connectivity index (χ4v) is 5.07. The number of fused-ring (bicyclic) bond motifs is 1. The Morgan fingerprint density at radius 1 is 0.906 bits per heavy atom. The summed E-state index contributed by atoms with van der Waals surface area (Å²) in [6, 6.07) is 17.6. The van der Waals surface area contributed by atoms with Crippen LogP contribution in [-0.2, 0) is 14.8 Å². The highest BCUT2D eigenvalue weighted by Gasteiger charge is 2.37. The molecule has 0 aromatic heterocycles. The standard InChI is InChI=1S/C25H26N2O4S/c1-16-5-10-21(11-6-16)32(29,30)27-15-24(31-23-12-7-17(2)13-22(23)27)25(28)26-20-9-8-18(3)19(4)14-20/h5-14,24H,15H2,1-4H3,(H,26,28). The second-order valence-electron chi connectivity index (χ2n) is 8.22. The molecule has 0 aliphatic carbocycles. The number of sulfonamides is 1. The molecule has 7 heteroatoms. The van der Waals surface area contributed by atoms with Gasteiger partial charge in [0.15, 0.2) is 6.10 Å². The molecule has 0 fully saturated rings. The molecule has 0 saturated carbocycles. The summed E-state index contributed by atoms with van der Waals surface area (Å²) in [5.74, 6) is -0.0404. The zero-order valence-corrected chi connectivity index (χ0v) is 19.4. The van der Waals surface area contributed by atoms with Gasteiger partial charge in [0.1, 0.15) is 5.75 Å². The molecule has 6 nitrogen and oxygen atoms in total. The zero-order chi connectivity index (χ0) is 23.0. The summed E-state index contributed by atoms with van der Waals surface area (Å²) in [6.07, 6.45) is -0.993. The van der Waals surface area contributed by atoms with E-state index >= 15 is 0 Å². The predicted octanol–water partition coefficient (Wildman–Crippen LogP) is 4.52. The van der Waals surface area contributed by atoms with Crippen molar-refractivity contribution in [1.82, 2.24) is 0 Å². The number of carbonyl (C=O) groups is 1. The molecule has 1 N–H and O–H groups in total. The maximum atomic E-state index is 13.5. The first-order chi connectivity index (χ1) is 15.1. The number of aryl methyl sites for hydroxylation is 4. The molecule has 0 radical (unpaired) electrons. The van der Waals surface area contributed by atoms with Gasteiger partial charge in [-0.2, -0.15) is 0 Å². The van der Waals surface area contributed by atoms with Gasteiger partial charge < -0.3 is 10.1 Å². The highest BCUT2D eigenvalue weighted by molar-refractivity contribution is 7.92. The smallest absolute Gasteiger partial charge is 0.267 e. The third-order valence-electron chi connectivity index (χ3n) is 5.66. The first-order valence-electron chi connectivity index (χ1n) is 10.4. The maximum absolute atomic E-state index is 13.5. The van der Waals surface area contributed by atoms with Crippen LogP contribution in [0.3, 0.4) is 0 Å². The fourth-order valence-electron chi connectivity index (χ4n) is 3.60. The minimum atomic E-state index is -3.89. The topological polar surface area (TPSA) is 75.7 Å². The highest BCUT2D eigenvalue weighted by Crippen LogP contribution is 2.38. The number of carbonyl (C=O) groups excluding carboxylic acids is 1. The Bertz CT molecular complexity index is 1280. The lowest BCUT2D eigenvalue weighted by Crippen LogP contribution is -2.48. The Morgan fingerprint density at radius 2 is 1.59 bits per heavy atom. The molecule has 32 heavy (non-hydrogen) atoms. The number of nitrogens with one attached hydrogen (secondary N) is 1. The second kappa shape index (κ2) is 8.31. The zero-order valence-electron chi connectivity index (χ0n) is 18.5. The van der Waals surface area contributed by atoms with Gasteiger partial charge in [-0.05, 0) is 80.8 Å². The Hall–Kier alpha value is -3.32. The van der Waals surface area contributed by atoms with Crippen LogP contribution in [0.25, 0.3) is 0 Å². The molecule has 0 bridgehead atoms. The van der Waals surface area contributed by atoms with Crippen LogP contribution in [0.1, 0.15) is 22.3 Å². The second-order valence-corrected chi connectivity index (χ2v) is 10.1. The molecule has 1 aliphatic heterocycles. The van der Waals surface area contributed by atoms with Crippen molar-refractivity contribution in [2.75, 3.05) is 16.2 Å². The van der Waals surface area contributed by atoms with Gasteiger partial charge in [-0.3, -0.25) is 9.10 Å². The van der Waals surface area contributed by atoms with E-state index in [-0.39, 0.29) is 11.4 Å². The van der Waals surface area contributed by atoms with E-state index in [1.165, 1.54) is 4.31 Å². The molecular formula is C25H26N2O4S. The Labute approximate surface area is 188 Å². The van der Waals surface area contributed by atoms with E-state index in [0.29, 0.717) is 17.1 Å². The van der Waals surface area contributed by atoms with Crippen LogP contribution in [-0.4, -0.2) is 27.0 Å². The van der Waals surface area contributed by atoms with E-state index < -0.39 is 22.0 Å². The van der Waals surface area contributed by atoms with Crippen LogP contribution < -0.4 is 14.4 Å². The Morgan fingerprint density at radius 3 is 2.28 bits per heavy atom. The van der Waals surface area contributed by atoms with Gasteiger partial charge in [0.2, 0.25) is 0 Å². The summed E-state index contributed by atoms with van der Waals surface area (Å²) in [4.78, 5) is 13.2. The number of rotatable bonds is 4. The lowest BCUT2D eigenvalue weighted by Gasteiger charge is -2.35. The number of benzene rings is 3. The van der Waals surface area contributed by atoms with Crippen molar-refractivity contribution in [2.24, 2.45) is 0 Å². The molecule has 4 rings (SSSR count). The number of hydrogen-bond donors (Lipinski definition) is 1. The quantitative estimate of drug-likeness (QED) is 0.634. The fraction of sp³-hybridized carbons (Fsp3) is 0.240. The molecule has 1 unspecified atom stereocenters. The average molecular weight is 451 g/mol. The van der Waals surface area contributed by atoms with Crippen LogP contribution in [0.2, 0.25) is 0 Å². The van der Waals surface area contributed by atoms with E-state index in [1.54, 1.807) is 36.4 Å². The van der Waals surface area contributed by atoms with Crippen LogP contribution in [0, 0.1) is 27.7 Å². The number of nitrogens with zero attached hydrogens (tertiary/aromatic N) is 1. The molecule has 3 aromatic rings. The van der Waals surface area contributed by atoms with Crippen molar-refractivity contribution in [3.63, 3.8) is 0 Å². The lowest BCUT2D eigenvalue weighted by molar-refractivity contribution is -0.122. The molecule has 1 atom stereocenters. The summed E-state index contributed by atoms with van der Waals surface area (Å²) >= 11 is 0. The van der Waals surface area contributed by atoms with Crippen molar-refractivity contribution in [2.45, 2.75) is 38.7 Å². The Balaban J connectivity index is 1.69. The number of hydrogen-bond acceptors (Lipinski definition) is 4. The predicted molar refractivity (Wildman–Crippen MR) is 126 cm³/mol. The maximum Gasteiger partial charge on any atom is 0.267 e. The van der Waals surface area contributed by atoms with Crippen LogP contribution >= 0.6 is 0 Å². The van der Waals surface area contributed by atoms with Gasteiger partial charge >= 0.3 is 0 Å². The highest BCUT2D eigenvalue weighted by atomic mass is 32.2. The Kier molecular flexibility index (Phi) is 5.69. The van der Waals surface area contributed by atoms with Crippen molar-refractivity contribution >= 4 is 27.3 Å². The molecule has 0 saturated heterocycles. The van der Waals surface area contributed by atoms with E-state index in [9.17, 15) is 13.2 Å². The van der Waals surface area contributed by atoms with Crippen LogP contribution in [0.15, 0.2) is 65.6 Å². The summed E-state index contributed by atoms with van der Waals surface area (Å²) in [5.41, 5.74) is 5.11. The van der Waals surface area contributed by atoms with Gasteiger partial charge in [0, 0.05) is 5.69 Å². The van der Waals surface area contributed by atoms with Crippen molar-refractivity contribution < 1.29 is 17.9 Å². The molecule has 3 aromatic carbocycles. The first kappa shape index (κ1) is 21.9. The van der Waals surface area contributed by atoms with Gasteiger partial charge in [-0.25, -0.2) is 8.42 Å². The average Bonchev–Trinajstić information content (AvgIpc) is 2.75. The molecule has 1 aliphatic rings. The van der Waals surface area contributed by atoms with Gasteiger partial charge in [-0.15, -0.1) is 0 Å². The third kappa shape index (κ3) is 4.21. The van der Waals surface area contributed by atoms with E-state index in [4.69, 9.17) is 4.74 Å². The molecule has 1 heterocycles. The van der Waals surface area contributed by atoms with Crippen LogP contribution in [0.5, 0.6) is 5.75 Å². The molecule has 1 amide bonds. The monoisotopic (exact) mass is 450 g/mol. The minimum Gasteiger partial charge on any atom is -0.476 e. The summed E-state index contributed by atoms with van der Waals surface area (Å²) < 4.78 is 34.2. The van der Waals surface area contributed by atoms with Gasteiger partial charge in [0.25, 0.3) is 15.9 Å². The van der Waals surface area contributed by atoms with Gasteiger partial charge in [0.05, 0.1) is 17.1 Å². The number of anilines is 2. The first-order valence-corrected chi connectivity index (χ1v) is 11.8. The largest absolute Gasteiger partial charge is 0.476 e. The van der Waals surface area contributed by atoms with E-state index in [1.807, 2.05) is 52.0 Å². The van der Waals surface area contributed by atoms with E-state index in [2.05, 4.69) is 5.32 Å². The van der Waals surface area contributed by atoms with Crippen molar-refractivity contribution in [3.05, 3.63) is 82.9 Å². The van der Waals surface area contributed by atoms with Crippen molar-refractivity contribution in [3.8, 4) is 5.75 Å². The third-order valence-corrected chi connectivity index (χ3v) is 7.45. The molecule has 0 spiro atoms. The van der Waals surface area contributed by atoms with Crippen LogP contribution in [0.4, 0.5) is 11.4 Å². The minimum absolute atomic E-state index is 0.122. The number of ether oxygens (including phenoxy) is 1. The summed E-state index contributed by atoms with van der Waals surface area (Å²) in [6.45, 7) is 7.63. The SMILES string of the molecule is Cc1ccc(S(=O)(=O)N2CC(C(=O)Nc3ccc(C)c(C)c3)Oc3ccc(C)cc32)cc1. The van der Waals surface area contributed by atoms with Crippen molar-refractivity contribution in [1.29, 1.82) is 0 Å². The van der Waals surface area contributed by atoms with E-state index in [0.717, 1.165) is 22.3 Å².